The normalized spacial score (nSPS) is 11.3. The molecule has 5 nitrogen and oxygen atoms in total. The van der Waals surface area contributed by atoms with Crippen LogP contribution in [0.4, 0.5) is 0 Å². The van der Waals surface area contributed by atoms with Crippen molar-refractivity contribution in [1.29, 1.82) is 0 Å². The Labute approximate surface area is 109 Å². The summed E-state index contributed by atoms with van der Waals surface area (Å²) in [5.74, 6) is 0.586. The lowest BCUT2D eigenvalue weighted by Crippen LogP contribution is -2.18. The van der Waals surface area contributed by atoms with E-state index in [9.17, 15) is 0 Å². The summed E-state index contributed by atoms with van der Waals surface area (Å²) in [5, 5.41) is 7.59. The van der Waals surface area contributed by atoms with Gasteiger partial charge in [-0.05, 0) is 5.92 Å². The van der Waals surface area contributed by atoms with Crippen molar-refractivity contribution in [3.8, 4) is 0 Å². The van der Waals surface area contributed by atoms with Crippen LogP contribution in [0.1, 0.15) is 19.4 Å². The number of methoxy groups -OCH3 is 1. The topological polar surface area (TPSA) is 48.3 Å². The van der Waals surface area contributed by atoms with Gasteiger partial charge in [0.05, 0.1) is 26.0 Å². The van der Waals surface area contributed by atoms with Crippen LogP contribution < -0.4 is 5.32 Å². The molecule has 5 heteroatoms. The number of nitrogens with one attached hydrogen (secondary N) is 1. The van der Waals surface area contributed by atoms with E-state index >= 15 is 0 Å². The fourth-order valence-corrected chi connectivity index (χ4v) is 1.50. The molecule has 0 fully saturated rings. The summed E-state index contributed by atoms with van der Waals surface area (Å²) >= 11 is 0. The Balaban J connectivity index is 2.13. The van der Waals surface area contributed by atoms with Crippen molar-refractivity contribution in [3.05, 3.63) is 18.0 Å². The lowest BCUT2D eigenvalue weighted by atomic mass is 10.2. The quantitative estimate of drug-likeness (QED) is 0.640. The van der Waals surface area contributed by atoms with Crippen LogP contribution >= 0.6 is 0 Å². The third-order valence-electron chi connectivity index (χ3n) is 2.41. The fraction of sp³-hybridized carbons (Fsp3) is 0.769. The van der Waals surface area contributed by atoms with E-state index in [1.165, 1.54) is 5.56 Å². The van der Waals surface area contributed by atoms with Gasteiger partial charge in [0.1, 0.15) is 0 Å². The van der Waals surface area contributed by atoms with Crippen molar-refractivity contribution < 1.29 is 9.47 Å². The fourth-order valence-electron chi connectivity index (χ4n) is 1.50. The Morgan fingerprint density at radius 2 is 2.22 bits per heavy atom. The zero-order chi connectivity index (χ0) is 13.2. The Morgan fingerprint density at radius 1 is 1.39 bits per heavy atom. The molecule has 0 atom stereocenters. The number of aromatic nitrogens is 2. The van der Waals surface area contributed by atoms with E-state index in [1.54, 1.807) is 7.11 Å². The van der Waals surface area contributed by atoms with Crippen LogP contribution in [0.5, 0.6) is 0 Å². The molecule has 0 unspecified atom stereocenters. The monoisotopic (exact) mass is 255 g/mol. The second kappa shape index (κ2) is 9.08. The molecule has 0 saturated heterocycles. The van der Waals surface area contributed by atoms with Gasteiger partial charge in [-0.2, -0.15) is 5.10 Å². The second-order valence-electron chi connectivity index (χ2n) is 4.75. The molecule has 1 N–H and O–H groups in total. The molecule has 0 saturated carbocycles. The van der Waals surface area contributed by atoms with Gasteiger partial charge in [0.2, 0.25) is 0 Å². The molecule has 0 bridgehead atoms. The van der Waals surface area contributed by atoms with Gasteiger partial charge in [-0.25, -0.2) is 0 Å². The molecule has 0 radical (unpaired) electrons. The van der Waals surface area contributed by atoms with Crippen molar-refractivity contribution >= 4 is 0 Å². The van der Waals surface area contributed by atoms with Crippen LogP contribution in [0, 0.1) is 5.92 Å². The van der Waals surface area contributed by atoms with Crippen molar-refractivity contribution in [3.63, 3.8) is 0 Å². The largest absolute Gasteiger partial charge is 0.383 e. The highest BCUT2D eigenvalue weighted by Crippen LogP contribution is 1.98. The van der Waals surface area contributed by atoms with E-state index in [2.05, 4.69) is 30.5 Å². The lowest BCUT2D eigenvalue weighted by molar-refractivity contribution is 0.101. The minimum Gasteiger partial charge on any atom is -0.383 e. The first-order valence-electron chi connectivity index (χ1n) is 6.51. The molecule has 1 heterocycles. The lowest BCUT2D eigenvalue weighted by Gasteiger charge is -2.06. The standard InChI is InChI=1S/C13H25N3O2/c1-12(2)11-18-7-5-16-10-13(9-15-16)8-14-4-6-17-3/h9-10,12,14H,4-8,11H2,1-3H3. The number of hydrogen-bond acceptors (Lipinski definition) is 4. The predicted molar refractivity (Wildman–Crippen MR) is 71.5 cm³/mol. The summed E-state index contributed by atoms with van der Waals surface area (Å²) in [6.07, 6.45) is 3.95. The van der Waals surface area contributed by atoms with Gasteiger partial charge >= 0.3 is 0 Å². The van der Waals surface area contributed by atoms with Crippen LogP contribution in [0.25, 0.3) is 0 Å². The molecule has 0 aliphatic carbocycles. The predicted octanol–water partition coefficient (Wildman–Crippen LogP) is 1.29. The zero-order valence-electron chi connectivity index (χ0n) is 11.7. The molecular formula is C13H25N3O2. The van der Waals surface area contributed by atoms with Crippen LogP contribution in [0.2, 0.25) is 0 Å². The first-order chi connectivity index (χ1) is 8.72. The molecule has 18 heavy (non-hydrogen) atoms. The Bertz CT molecular complexity index is 313. The van der Waals surface area contributed by atoms with Crippen molar-refractivity contribution in [1.82, 2.24) is 15.1 Å². The van der Waals surface area contributed by atoms with E-state index in [4.69, 9.17) is 9.47 Å². The third kappa shape index (κ3) is 6.74. The maximum atomic E-state index is 5.53. The average Bonchev–Trinajstić information content (AvgIpc) is 2.78. The number of nitrogens with zero attached hydrogens (tertiary/aromatic N) is 2. The van der Waals surface area contributed by atoms with Gasteiger partial charge in [0.15, 0.2) is 0 Å². The van der Waals surface area contributed by atoms with Crippen molar-refractivity contribution in [2.45, 2.75) is 26.9 Å². The molecule has 0 aliphatic heterocycles. The van der Waals surface area contributed by atoms with E-state index in [1.807, 2.05) is 10.9 Å². The summed E-state index contributed by atoms with van der Waals surface area (Å²) in [6, 6.07) is 0. The summed E-state index contributed by atoms with van der Waals surface area (Å²) in [4.78, 5) is 0. The van der Waals surface area contributed by atoms with E-state index in [0.29, 0.717) is 5.92 Å². The van der Waals surface area contributed by atoms with Gasteiger partial charge < -0.3 is 14.8 Å². The first-order valence-corrected chi connectivity index (χ1v) is 6.51. The molecule has 1 aromatic rings. The number of ether oxygens (including phenoxy) is 2. The molecule has 0 spiro atoms. The Kier molecular flexibility index (Phi) is 7.64. The summed E-state index contributed by atoms with van der Waals surface area (Å²) in [5.41, 5.74) is 1.19. The maximum Gasteiger partial charge on any atom is 0.0662 e. The molecule has 0 aromatic carbocycles. The molecule has 1 aromatic heterocycles. The van der Waals surface area contributed by atoms with Gasteiger partial charge in [0.25, 0.3) is 0 Å². The smallest absolute Gasteiger partial charge is 0.0662 e. The van der Waals surface area contributed by atoms with Crippen LogP contribution in [0.3, 0.4) is 0 Å². The van der Waals surface area contributed by atoms with Crippen molar-refractivity contribution in [2.24, 2.45) is 5.92 Å². The minimum atomic E-state index is 0.586. The minimum absolute atomic E-state index is 0.586. The van der Waals surface area contributed by atoms with E-state index in [-0.39, 0.29) is 0 Å². The van der Waals surface area contributed by atoms with Crippen molar-refractivity contribution in [2.75, 3.05) is 33.5 Å². The highest BCUT2D eigenvalue weighted by molar-refractivity contribution is 5.03. The molecule has 104 valence electrons. The SMILES string of the molecule is COCCNCc1cnn(CCOCC(C)C)c1. The Morgan fingerprint density at radius 3 is 2.94 bits per heavy atom. The molecule has 0 amide bonds. The third-order valence-corrected chi connectivity index (χ3v) is 2.41. The zero-order valence-corrected chi connectivity index (χ0v) is 11.7. The molecule has 1 rings (SSSR count). The maximum absolute atomic E-state index is 5.53. The highest BCUT2D eigenvalue weighted by atomic mass is 16.5. The summed E-state index contributed by atoms with van der Waals surface area (Å²) in [7, 11) is 1.71. The Hall–Kier alpha value is -0.910. The van der Waals surface area contributed by atoms with Gasteiger partial charge in [0, 0.05) is 38.6 Å². The van der Waals surface area contributed by atoms with Gasteiger partial charge in [-0.15, -0.1) is 0 Å². The number of rotatable bonds is 10. The first kappa shape index (κ1) is 15.1. The summed E-state index contributed by atoms with van der Waals surface area (Å²) < 4.78 is 12.4. The van der Waals surface area contributed by atoms with E-state index < -0.39 is 0 Å². The molecular weight excluding hydrogens is 230 g/mol. The second-order valence-corrected chi connectivity index (χ2v) is 4.75. The van der Waals surface area contributed by atoms with Crippen LogP contribution in [-0.2, 0) is 22.6 Å². The summed E-state index contributed by atoms with van der Waals surface area (Å²) in [6.45, 7) is 9.07. The van der Waals surface area contributed by atoms with E-state index in [0.717, 1.165) is 39.5 Å². The van der Waals surface area contributed by atoms with Gasteiger partial charge in [-0.1, -0.05) is 13.8 Å². The highest BCUT2D eigenvalue weighted by Gasteiger charge is 1.99. The molecule has 0 aliphatic rings. The average molecular weight is 255 g/mol. The van der Waals surface area contributed by atoms with Gasteiger partial charge in [-0.3, -0.25) is 4.68 Å². The van der Waals surface area contributed by atoms with Crippen LogP contribution in [0.15, 0.2) is 12.4 Å². The number of hydrogen-bond donors (Lipinski definition) is 1. The van der Waals surface area contributed by atoms with Crippen LogP contribution in [-0.4, -0.2) is 43.3 Å².